The third kappa shape index (κ3) is 3.47. The van der Waals surface area contributed by atoms with Crippen LogP contribution in [-0.4, -0.2) is 66.6 Å². The molecule has 4 aliphatic rings. The van der Waals surface area contributed by atoms with Gasteiger partial charge in [-0.3, -0.25) is 24.1 Å². The molecule has 3 fully saturated rings. The van der Waals surface area contributed by atoms with Gasteiger partial charge in [0.25, 0.3) is 11.8 Å². The van der Waals surface area contributed by atoms with E-state index in [2.05, 4.69) is 0 Å². The highest BCUT2D eigenvalue weighted by Gasteiger charge is 2.76. The topological polar surface area (TPSA) is 153 Å². The average molecular weight is 620 g/mol. The maximum absolute atomic E-state index is 14.0. The van der Waals surface area contributed by atoms with Gasteiger partial charge in [-0.2, -0.15) is 0 Å². The van der Waals surface area contributed by atoms with Crippen molar-refractivity contribution in [1.29, 1.82) is 0 Å². The van der Waals surface area contributed by atoms with Crippen LogP contribution < -0.4 is 4.90 Å². The predicted molar refractivity (Wildman–Crippen MR) is 146 cm³/mol. The van der Waals surface area contributed by atoms with Gasteiger partial charge < -0.3 is 15.3 Å². The number of phenolic OH excluding ortho intramolecular Hbond substituents is 1. The molecule has 0 radical (unpaired) electrons. The van der Waals surface area contributed by atoms with Gasteiger partial charge in [-0.1, -0.05) is 23.3 Å². The number of phenols is 2. The fourth-order valence-electron chi connectivity index (χ4n) is 6.94. The van der Waals surface area contributed by atoms with Gasteiger partial charge in [0, 0.05) is 29.6 Å². The molecule has 2 aliphatic heterocycles. The molecular formula is C28H21Cl3N2O8. The SMILES string of the molecule is CN1C(=O)C2(Cl)CC3C(=CCC4C(=O)N(c5ccc(C(=O)O)c(O)c5)C(=O)C43)C(c3cc(Cl)ccc3O)C2(Cl)C1=O. The largest absolute Gasteiger partial charge is 0.508 e. The zero-order chi connectivity index (χ0) is 29.8. The first-order chi connectivity index (χ1) is 19.2. The zero-order valence-electron chi connectivity index (χ0n) is 21.2. The molecule has 0 bridgehead atoms. The van der Waals surface area contributed by atoms with Crippen LogP contribution in [0.4, 0.5) is 5.69 Å². The second-order valence-corrected chi connectivity index (χ2v) is 12.4. The third-order valence-corrected chi connectivity index (χ3v) is 10.4. The standard InChI is InChI=1S/C28H21Cl3N2O8/c1-32-25(40)27(30)10-17-13(21(28(27,31)26(32)41)16-8-11(29)2-7-18(16)34)5-6-15-20(17)23(37)33(22(15)36)12-3-4-14(24(38)39)19(35)9-12/h2-5,7-9,15,17,20-21,34-35H,6,10H2,1H3,(H,38,39). The number of carbonyl (C=O) groups excluding carboxylic acids is 4. The second kappa shape index (κ2) is 8.95. The molecule has 6 unspecified atom stereocenters. The molecule has 2 aliphatic carbocycles. The number of halogens is 3. The first-order valence-electron chi connectivity index (χ1n) is 12.6. The van der Waals surface area contributed by atoms with E-state index in [0.29, 0.717) is 5.57 Å². The van der Waals surface area contributed by atoms with Crippen molar-refractivity contribution in [2.75, 3.05) is 11.9 Å². The summed E-state index contributed by atoms with van der Waals surface area (Å²) < 4.78 is 0. The molecule has 10 nitrogen and oxygen atoms in total. The lowest BCUT2D eigenvalue weighted by Crippen LogP contribution is -2.60. The van der Waals surface area contributed by atoms with Gasteiger partial charge in [0.05, 0.1) is 17.5 Å². The summed E-state index contributed by atoms with van der Waals surface area (Å²) in [5, 5.41) is 30.6. The van der Waals surface area contributed by atoms with Gasteiger partial charge in [-0.15, -0.1) is 23.2 Å². The summed E-state index contributed by atoms with van der Waals surface area (Å²) in [4.78, 5) is 63.5. The van der Waals surface area contributed by atoms with E-state index < -0.39 is 74.3 Å². The lowest BCUT2D eigenvalue weighted by atomic mass is 9.56. The molecule has 6 atom stereocenters. The summed E-state index contributed by atoms with van der Waals surface area (Å²) in [6.45, 7) is 0. The van der Waals surface area contributed by atoms with Crippen LogP contribution in [0.2, 0.25) is 5.02 Å². The molecule has 2 aromatic rings. The van der Waals surface area contributed by atoms with Gasteiger partial charge in [-0.05, 0) is 49.1 Å². The predicted octanol–water partition coefficient (Wildman–Crippen LogP) is 3.64. The number of carboxylic acids is 1. The number of likely N-dealkylation sites (tertiary alicyclic amines) is 1. The number of benzene rings is 2. The number of amides is 4. The summed E-state index contributed by atoms with van der Waals surface area (Å²) in [6.07, 6.45) is 1.54. The summed E-state index contributed by atoms with van der Waals surface area (Å²) in [6, 6.07) is 7.56. The van der Waals surface area contributed by atoms with Gasteiger partial charge in [0.1, 0.15) is 17.1 Å². The molecule has 212 valence electrons. The molecule has 3 N–H and O–H groups in total. The van der Waals surface area contributed by atoms with E-state index in [4.69, 9.17) is 34.8 Å². The van der Waals surface area contributed by atoms with Crippen LogP contribution in [0.5, 0.6) is 11.5 Å². The molecule has 0 spiro atoms. The smallest absolute Gasteiger partial charge is 0.339 e. The molecule has 1 saturated carbocycles. The lowest BCUT2D eigenvalue weighted by molar-refractivity contribution is -0.138. The van der Waals surface area contributed by atoms with Gasteiger partial charge in [0.15, 0.2) is 9.75 Å². The molecule has 41 heavy (non-hydrogen) atoms. The van der Waals surface area contributed by atoms with E-state index in [-0.39, 0.29) is 34.9 Å². The maximum atomic E-state index is 14.0. The molecule has 2 aromatic carbocycles. The number of anilines is 1. The minimum Gasteiger partial charge on any atom is -0.508 e. The molecule has 6 rings (SSSR count). The quantitative estimate of drug-likeness (QED) is 0.268. The molecule has 2 saturated heterocycles. The number of aromatic hydroxyl groups is 2. The first kappa shape index (κ1) is 27.6. The third-order valence-electron chi connectivity index (χ3n) is 8.78. The Hall–Kier alpha value is -3.60. The molecule has 13 heteroatoms. The molecule has 2 heterocycles. The first-order valence-corrected chi connectivity index (χ1v) is 13.7. The highest BCUT2D eigenvalue weighted by atomic mass is 35.5. The van der Waals surface area contributed by atoms with E-state index in [0.717, 1.165) is 21.9 Å². The molecule has 4 amide bonds. The highest BCUT2D eigenvalue weighted by Crippen LogP contribution is 2.66. The van der Waals surface area contributed by atoms with Gasteiger partial charge >= 0.3 is 5.97 Å². The fourth-order valence-corrected chi connectivity index (χ4v) is 8.13. The van der Waals surface area contributed by atoms with Crippen LogP contribution >= 0.6 is 34.8 Å². The number of hydrogen-bond acceptors (Lipinski definition) is 7. The van der Waals surface area contributed by atoms with E-state index in [1.807, 2.05) is 0 Å². The Kier molecular flexibility index (Phi) is 6.02. The second-order valence-electron chi connectivity index (χ2n) is 10.7. The zero-order valence-corrected chi connectivity index (χ0v) is 23.4. The number of carboxylic acid groups (broad SMARTS) is 1. The minimum atomic E-state index is -2.07. The number of rotatable bonds is 3. The van der Waals surface area contributed by atoms with E-state index in [1.165, 1.54) is 31.3 Å². The summed E-state index contributed by atoms with van der Waals surface area (Å²) in [7, 11) is 1.26. The Morgan fingerprint density at radius 3 is 2.32 bits per heavy atom. The number of allylic oxidation sites excluding steroid dienone is 2. The van der Waals surface area contributed by atoms with Gasteiger partial charge in [-0.25, -0.2) is 9.69 Å². The van der Waals surface area contributed by atoms with Crippen LogP contribution in [0.3, 0.4) is 0 Å². The van der Waals surface area contributed by atoms with E-state index in [1.54, 1.807) is 6.08 Å². The van der Waals surface area contributed by atoms with Crippen molar-refractivity contribution in [3.05, 3.63) is 64.2 Å². The Morgan fingerprint density at radius 2 is 1.66 bits per heavy atom. The number of aromatic carboxylic acids is 1. The number of alkyl halides is 2. The van der Waals surface area contributed by atoms with Crippen molar-refractivity contribution in [3.8, 4) is 11.5 Å². The Bertz CT molecular complexity index is 1640. The van der Waals surface area contributed by atoms with Crippen molar-refractivity contribution in [1.82, 2.24) is 4.90 Å². The number of imide groups is 2. The molecular weight excluding hydrogens is 599 g/mol. The van der Waals surface area contributed by atoms with Crippen molar-refractivity contribution >= 4 is 70.1 Å². The summed E-state index contributed by atoms with van der Waals surface area (Å²) in [5.41, 5.74) is 0.198. The Balaban J connectivity index is 1.50. The minimum absolute atomic E-state index is 0.0163. The lowest BCUT2D eigenvalue weighted by Gasteiger charge is -2.50. The van der Waals surface area contributed by atoms with Crippen LogP contribution in [0.15, 0.2) is 48.0 Å². The number of carbonyl (C=O) groups is 5. The van der Waals surface area contributed by atoms with Crippen LogP contribution in [0, 0.1) is 17.8 Å². The Morgan fingerprint density at radius 1 is 0.951 bits per heavy atom. The monoisotopic (exact) mass is 618 g/mol. The fraction of sp³-hybridized carbons (Fsp3) is 0.321. The Labute approximate surface area is 247 Å². The molecule has 0 aromatic heterocycles. The normalized spacial score (nSPS) is 32.5. The highest BCUT2D eigenvalue weighted by molar-refractivity contribution is 6.53. The van der Waals surface area contributed by atoms with Crippen molar-refractivity contribution in [3.63, 3.8) is 0 Å². The summed E-state index contributed by atoms with van der Waals surface area (Å²) in [5.74, 6) is -8.88. The van der Waals surface area contributed by atoms with Crippen molar-refractivity contribution in [2.45, 2.75) is 28.5 Å². The average Bonchev–Trinajstić information content (AvgIpc) is 3.25. The number of hydrogen-bond donors (Lipinski definition) is 3. The van der Waals surface area contributed by atoms with E-state index >= 15 is 0 Å². The number of nitrogens with zero attached hydrogens (tertiary/aromatic N) is 2. The van der Waals surface area contributed by atoms with Crippen LogP contribution in [-0.2, 0) is 19.2 Å². The van der Waals surface area contributed by atoms with Crippen LogP contribution in [0.1, 0.15) is 34.7 Å². The number of fused-ring (bicyclic) bond motifs is 4. The van der Waals surface area contributed by atoms with Crippen LogP contribution in [0.25, 0.3) is 0 Å². The van der Waals surface area contributed by atoms with Gasteiger partial charge in [0.2, 0.25) is 11.8 Å². The maximum Gasteiger partial charge on any atom is 0.339 e. The van der Waals surface area contributed by atoms with E-state index in [9.17, 15) is 39.3 Å². The van der Waals surface area contributed by atoms with Crippen molar-refractivity contribution in [2.24, 2.45) is 17.8 Å². The summed E-state index contributed by atoms with van der Waals surface area (Å²) >= 11 is 20.4. The van der Waals surface area contributed by atoms with Crippen molar-refractivity contribution < 1.29 is 39.3 Å².